The number of methoxy groups -OCH3 is 1. The van der Waals surface area contributed by atoms with Crippen molar-refractivity contribution in [3.63, 3.8) is 0 Å². The zero-order valence-corrected chi connectivity index (χ0v) is 17.6. The third-order valence-corrected chi connectivity index (χ3v) is 6.33. The lowest BCUT2D eigenvalue weighted by Gasteiger charge is -2.44. The minimum absolute atomic E-state index is 0.0462. The van der Waals surface area contributed by atoms with E-state index in [9.17, 15) is 9.18 Å². The average molecular weight is 421 g/mol. The van der Waals surface area contributed by atoms with E-state index in [2.05, 4.69) is 5.10 Å². The SMILES string of the molecule is CCn1ncc2c1-c1cc(F)ccc1OC21CCN(C(=O)c2ccccc2OC)CC1. The van der Waals surface area contributed by atoms with Crippen molar-refractivity contribution in [2.75, 3.05) is 20.2 Å². The number of hydrogen-bond donors (Lipinski definition) is 0. The number of piperidine rings is 1. The van der Waals surface area contributed by atoms with Crippen molar-refractivity contribution in [2.45, 2.75) is 31.9 Å². The average Bonchev–Trinajstić information content (AvgIpc) is 3.25. The number of rotatable bonds is 3. The van der Waals surface area contributed by atoms with E-state index in [4.69, 9.17) is 9.47 Å². The molecule has 3 aromatic rings. The van der Waals surface area contributed by atoms with Crippen molar-refractivity contribution in [2.24, 2.45) is 0 Å². The molecule has 3 heterocycles. The van der Waals surface area contributed by atoms with E-state index in [1.165, 1.54) is 12.1 Å². The third kappa shape index (κ3) is 3.07. The number of nitrogens with zero attached hydrogens (tertiary/aromatic N) is 3. The number of hydrogen-bond acceptors (Lipinski definition) is 4. The quantitative estimate of drug-likeness (QED) is 0.635. The van der Waals surface area contributed by atoms with Gasteiger partial charge in [0.2, 0.25) is 0 Å². The number of benzene rings is 2. The Labute approximate surface area is 180 Å². The van der Waals surface area contributed by atoms with Gasteiger partial charge in [0.1, 0.15) is 22.9 Å². The van der Waals surface area contributed by atoms with E-state index in [0.29, 0.717) is 49.5 Å². The molecule has 1 aromatic heterocycles. The van der Waals surface area contributed by atoms with Crippen molar-refractivity contribution >= 4 is 5.91 Å². The van der Waals surface area contributed by atoms with Crippen LogP contribution in [0.25, 0.3) is 11.3 Å². The van der Waals surface area contributed by atoms with Gasteiger partial charge >= 0.3 is 0 Å². The number of para-hydroxylation sites is 1. The summed E-state index contributed by atoms with van der Waals surface area (Å²) in [4.78, 5) is 15.0. The van der Waals surface area contributed by atoms with Crippen LogP contribution in [0.2, 0.25) is 0 Å². The van der Waals surface area contributed by atoms with E-state index in [0.717, 1.165) is 16.8 Å². The number of amides is 1. The first kappa shape index (κ1) is 19.6. The van der Waals surface area contributed by atoms with Gasteiger partial charge < -0.3 is 14.4 Å². The lowest BCUT2D eigenvalue weighted by atomic mass is 9.81. The summed E-state index contributed by atoms with van der Waals surface area (Å²) >= 11 is 0. The van der Waals surface area contributed by atoms with Gasteiger partial charge in [0, 0.05) is 43.6 Å². The van der Waals surface area contributed by atoms with Gasteiger partial charge in [0.05, 0.1) is 24.6 Å². The summed E-state index contributed by atoms with van der Waals surface area (Å²) in [7, 11) is 1.57. The van der Waals surface area contributed by atoms with Crippen LogP contribution in [0.3, 0.4) is 0 Å². The fourth-order valence-electron chi connectivity index (χ4n) is 4.72. The van der Waals surface area contributed by atoms with Gasteiger partial charge in [-0.3, -0.25) is 9.48 Å². The Hall–Kier alpha value is -3.35. The number of aromatic nitrogens is 2. The first-order chi connectivity index (χ1) is 15.1. The van der Waals surface area contributed by atoms with Crippen LogP contribution >= 0.6 is 0 Å². The molecule has 0 atom stereocenters. The third-order valence-electron chi connectivity index (χ3n) is 6.33. The summed E-state index contributed by atoms with van der Waals surface area (Å²) in [5.74, 6) is 0.887. The summed E-state index contributed by atoms with van der Waals surface area (Å²) in [6.07, 6.45) is 3.10. The number of fused-ring (bicyclic) bond motifs is 4. The van der Waals surface area contributed by atoms with Crippen LogP contribution in [-0.2, 0) is 12.1 Å². The molecule has 1 amide bonds. The first-order valence-corrected chi connectivity index (χ1v) is 10.5. The maximum Gasteiger partial charge on any atom is 0.257 e. The molecule has 1 spiro atoms. The van der Waals surface area contributed by atoms with Crippen LogP contribution in [0.1, 0.15) is 35.7 Å². The topological polar surface area (TPSA) is 56.6 Å². The Balaban J connectivity index is 1.46. The van der Waals surface area contributed by atoms with Crippen LogP contribution in [0, 0.1) is 5.82 Å². The normalized spacial score (nSPS) is 16.4. The first-order valence-electron chi connectivity index (χ1n) is 10.5. The van der Waals surface area contributed by atoms with E-state index < -0.39 is 5.60 Å². The fraction of sp³-hybridized carbons (Fsp3) is 0.333. The van der Waals surface area contributed by atoms with Crippen LogP contribution in [0.15, 0.2) is 48.7 Å². The molecule has 1 fully saturated rings. The highest BCUT2D eigenvalue weighted by Gasteiger charge is 2.46. The predicted octanol–water partition coefficient (Wildman–Crippen LogP) is 4.24. The molecule has 7 heteroatoms. The van der Waals surface area contributed by atoms with Crippen LogP contribution in [-0.4, -0.2) is 40.8 Å². The molecule has 6 nitrogen and oxygen atoms in total. The fourth-order valence-corrected chi connectivity index (χ4v) is 4.72. The number of carbonyl (C=O) groups excluding carboxylic acids is 1. The highest BCUT2D eigenvalue weighted by molar-refractivity contribution is 5.97. The number of likely N-dealkylation sites (tertiary alicyclic amines) is 1. The van der Waals surface area contributed by atoms with Gasteiger partial charge in [-0.1, -0.05) is 12.1 Å². The van der Waals surface area contributed by atoms with Crippen molar-refractivity contribution in [3.05, 3.63) is 65.6 Å². The molecule has 2 aliphatic heterocycles. The molecule has 160 valence electrons. The van der Waals surface area contributed by atoms with Gasteiger partial charge in [-0.2, -0.15) is 5.10 Å². The molecule has 2 aliphatic rings. The molecule has 2 aromatic carbocycles. The molecule has 0 unspecified atom stereocenters. The number of ether oxygens (including phenoxy) is 2. The van der Waals surface area contributed by atoms with Crippen molar-refractivity contribution in [1.29, 1.82) is 0 Å². The van der Waals surface area contributed by atoms with E-state index in [1.54, 1.807) is 25.3 Å². The molecule has 0 radical (unpaired) electrons. The molecule has 0 saturated carbocycles. The van der Waals surface area contributed by atoms with Crippen molar-refractivity contribution in [1.82, 2.24) is 14.7 Å². The molecule has 31 heavy (non-hydrogen) atoms. The maximum absolute atomic E-state index is 14.0. The molecule has 0 bridgehead atoms. The zero-order valence-electron chi connectivity index (χ0n) is 17.6. The maximum atomic E-state index is 14.0. The van der Waals surface area contributed by atoms with E-state index in [1.807, 2.05) is 34.8 Å². The Morgan fingerprint density at radius 1 is 1.23 bits per heavy atom. The van der Waals surface area contributed by atoms with E-state index in [-0.39, 0.29) is 11.7 Å². The summed E-state index contributed by atoms with van der Waals surface area (Å²) in [5, 5.41) is 4.54. The standard InChI is InChI=1S/C24H24FN3O3/c1-3-28-22-18-14-16(25)8-9-21(18)31-24(19(22)15-26-28)10-12-27(13-11-24)23(29)17-6-4-5-7-20(17)30-2/h4-9,14-15H,3,10-13H2,1-2H3. The lowest BCUT2D eigenvalue weighted by Crippen LogP contribution is -2.49. The second kappa shape index (κ2) is 7.41. The Morgan fingerprint density at radius 2 is 2.00 bits per heavy atom. The Morgan fingerprint density at radius 3 is 2.74 bits per heavy atom. The largest absolute Gasteiger partial charge is 0.496 e. The molecular weight excluding hydrogens is 397 g/mol. The molecule has 1 saturated heterocycles. The molecule has 0 N–H and O–H groups in total. The summed E-state index contributed by atoms with van der Waals surface area (Å²) < 4.78 is 27.7. The van der Waals surface area contributed by atoms with E-state index >= 15 is 0 Å². The second-order valence-electron chi connectivity index (χ2n) is 7.95. The van der Waals surface area contributed by atoms with Crippen molar-refractivity contribution in [3.8, 4) is 22.8 Å². The minimum atomic E-state index is -0.578. The van der Waals surface area contributed by atoms with Gasteiger partial charge in [-0.05, 0) is 37.3 Å². The molecule has 5 rings (SSSR count). The summed E-state index contributed by atoms with van der Waals surface area (Å²) in [6.45, 7) is 3.79. The smallest absolute Gasteiger partial charge is 0.257 e. The number of halogens is 1. The number of carbonyl (C=O) groups is 1. The zero-order chi connectivity index (χ0) is 21.6. The Bertz CT molecular complexity index is 1150. The summed E-state index contributed by atoms with van der Waals surface area (Å²) in [5.41, 5.74) is 2.59. The molecule has 0 aliphatic carbocycles. The predicted molar refractivity (Wildman–Crippen MR) is 114 cm³/mol. The lowest BCUT2D eigenvalue weighted by molar-refractivity contribution is -0.00187. The Kier molecular flexibility index (Phi) is 4.68. The van der Waals surface area contributed by atoms with Crippen LogP contribution in [0.5, 0.6) is 11.5 Å². The van der Waals surface area contributed by atoms with Gasteiger partial charge in [-0.25, -0.2) is 4.39 Å². The van der Waals surface area contributed by atoms with Crippen LogP contribution < -0.4 is 9.47 Å². The highest BCUT2D eigenvalue weighted by atomic mass is 19.1. The van der Waals surface area contributed by atoms with Crippen molar-refractivity contribution < 1.29 is 18.7 Å². The monoisotopic (exact) mass is 421 g/mol. The number of aryl methyl sites for hydroxylation is 1. The van der Waals surface area contributed by atoms with Gasteiger partial charge in [0.15, 0.2) is 0 Å². The second-order valence-corrected chi connectivity index (χ2v) is 7.95. The molecular formula is C24H24FN3O3. The van der Waals surface area contributed by atoms with Gasteiger partial charge in [0.25, 0.3) is 5.91 Å². The summed E-state index contributed by atoms with van der Waals surface area (Å²) in [6, 6.07) is 11.9. The van der Waals surface area contributed by atoms with Crippen LogP contribution in [0.4, 0.5) is 4.39 Å². The highest BCUT2D eigenvalue weighted by Crippen LogP contribution is 2.49. The minimum Gasteiger partial charge on any atom is -0.496 e. The van der Waals surface area contributed by atoms with Gasteiger partial charge in [-0.15, -0.1) is 0 Å².